The third-order valence-electron chi connectivity index (χ3n) is 4.34. The van der Waals surface area contributed by atoms with Crippen molar-refractivity contribution >= 4 is 33.7 Å². The molecule has 0 aromatic heterocycles. The molecular formula is C19H29N3O4S2. The summed E-state index contributed by atoms with van der Waals surface area (Å²) in [6.07, 6.45) is 4.27. The highest BCUT2D eigenvalue weighted by Gasteiger charge is 2.20. The first-order chi connectivity index (χ1) is 13.4. The van der Waals surface area contributed by atoms with E-state index < -0.39 is 10.5 Å². The second-order valence-electron chi connectivity index (χ2n) is 6.39. The molecule has 1 aromatic carbocycles. The van der Waals surface area contributed by atoms with Crippen LogP contribution < -0.4 is 10.1 Å². The fourth-order valence-corrected chi connectivity index (χ4v) is 3.41. The number of rotatable bonds is 11. The number of amides is 1. The number of hydrogen-bond acceptors (Lipinski definition) is 6. The molecule has 0 aliphatic rings. The van der Waals surface area contributed by atoms with Crippen molar-refractivity contribution in [1.29, 1.82) is 0 Å². The number of ether oxygens (including phenoxy) is 1. The molecule has 1 atom stereocenters. The maximum Gasteiger partial charge on any atom is 0.311 e. The van der Waals surface area contributed by atoms with Crippen molar-refractivity contribution < 1.29 is 17.9 Å². The summed E-state index contributed by atoms with van der Waals surface area (Å²) in [5.41, 5.74) is 0.847. The van der Waals surface area contributed by atoms with Crippen LogP contribution in [0, 0.1) is 0 Å². The van der Waals surface area contributed by atoms with Crippen LogP contribution in [0.4, 0.5) is 0 Å². The van der Waals surface area contributed by atoms with Crippen LogP contribution in [0.3, 0.4) is 0 Å². The summed E-state index contributed by atoms with van der Waals surface area (Å²) in [7, 11) is 0.783. The van der Waals surface area contributed by atoms with Crippen LogP contribution in [0.2, 0.25) is 0 Å². The van der Waals surface area contributed by atoms with Gasteiger partial charge in [-0.3, -0.25) is 9.69 Å². The smallest absolute Gasteiger partial charge is 0.311 e. The van der Waals surface area contributed by atoms with Gasteiger partial charge in [-0.25, -0.2) is 0 Å². The third-order valence-corrected chi connectivity index (χ3v) is 5.23. The quantitative estimate of drug-likeness (QED) is 0.431. The van der Waals surface area contributed by atoms with Crippen molar-refractivity contribution in [2.24, 2.45) is 4.36 Å². The van der Waals surface area contributed by atoms with Crippen molar-refractivity contribution in [2.75, 3.05) is 20.7 Å². The van der Waals surface area contributed by atoms with Crippen LogP contribution in [-0.2, 0) is 21.7 Å². The molecular weight excluding hydrogens is 398 g/mol. The van der Waals surface area contributed by atoms with E-state index in [1.54, 1.807) is 26.3 Å². The molecule has 0 radical (unpaired) electrons. The van der Waals surface area contributed by atoms with Crippen LogP contribution in [0.25, 0.3) is 0 Å². The number of nitrogens with zero attached hydrogens (tertiary/aromatic N) is 2. The van der Waals surface area contributed by atoms with Gasteiger partial charge in [0.15, 0.2) is 5.11 Å². The van der Waals surface area contributed by atoms with E-state index in [4.69, 9.17) is 17.0 Å². The maximum atomic E-state index is 12.8. The van der Waals surface area contributed by atoms with E-state index in [9.17, 15) is 13.2 Å². The summed E-state index contributed by atoms with van der Waals surface area (Å²) in [6.45, 7) is 2.40. The number of unbranched alkanes of at least 4 members (excludes halogenated alkanes) is 2. The third kappa shape index (κ3) is 8.79. The van der Waals surface area contributed by atoms with E-state index in [0.717, 1.165) is 30.6 Å². The lowest BCUT2D eigenvalue weighted by Crippen LogP contribution is -2.44. The number of methoxy groups -OCH3 is 1. The van der Waals surface area contributed by atoms with Gasteiger partial charge < -0.3 is 10.1 Å². The first kappa shape index (κ1) is 24.0. The van der Waals surface area contributed by atoms with E-state index >= 15 is 0 Å². The predicted octanol–water partition coefficient (Wildman–Crippen LogP) is 2.97. The Morgan fingerprint density at radius 1 is 1.25 bits per heavy atom. The average Bonchev–Trinajstić information content (AvgIpc) is 2.68. The van der Waals surface area contributed by atoms with Crippen molar-refractivity contribution in [3.63, 3.8) is 0 Å². The lowest BCUT2D eigenvalue weighted by atomic mass is 10.1. The van der Waals surface area contributed by atoms with Gasteiger partial charge in [-0.05, 0) is 42.8 Å². The molecule has 156 valence electrons. The molecule has 1 aromatic rings. The lowest BCUT2D eigenvalue weighted by molar-refractivity contribution is -0.126. The number of carbonyl (C=O) groups excluding carboxylic acids is 1. The van der Waals surface area contributed by atoms with E-state index in [0.29, 0.717) is 24.5 Å². The zero-order valence-electron chi connectivity index (χ0n) is 16.7. The van der Waals surface area contributed by atoms with Gasteiger partial charge >= 0.3 is 10.5 Å². The maximum absolute atomic E-state index is 12.8. The minimum Gasteiger partial charge on any atom is -0.497 e. The first-order valence-corrected chi connectivity index (χ1v) is 10.8. The van der Waals surface area contributed by atoms with Gasteiger partial charge in [0.2, 0.25) is 5.91 Å². The first-order valence-electron chi connectivity index (χ1n) is 9.36. The van der Waals surface area contributed by atoms with Crippen LogP contribution in [0.5, 0.6) is 5.75 Å². The molecule has 0 saturated carbocycles. The predicted molar refractivity (Wildman–Crippen MR) is 114 cm³/mol. The fraction of sp³-hybridized carbons (Fsp3) is 0.579. The van der Waals surface area contributed by atoms with Gasteiger partial charge in [0.05, 0.1) is 19.6 Å². The highest BCUT2D eigenvalue weighted by atomic mass is 32.2. The monoisotopic (exact) mass is 427 g/mol. The molecule has 28 heavy (non-hydrogen) atoms. The molecule has 1 amide bonds. The van der Waals surface area contributed by atoms with E-state index in [1.807, 2.05) is 12.1 Å². The molecule has 9 heteroatoms. The van der Waals surface area contributed by atoms with Crippen LogP contribution in [0.15, 0.2) is 28.6 Å². The zero-order chi connectivity index (χ0) is 20.9. The molecule has 0 bridgehead atoms. The highest BCUT2D eigenvalue weighted by Crippen LogP contribution is 2.14. The molecule has 0 heterocycles. The topological polar surface area (TPSA) is 88.1 Å². The SMILES string of the molecule is CCCCCC(CCN(C(=O)Cc1ccc(OC)cc1)C(=S)NC)N=S(=O)=O. The summed E-state index contributed by atoms with van der Waals surface area (Å²) in [4.78, 5) is 14.3. The van der Waals surface area contributed by atoms with Gasteiger partial charge in [0.25, 0.3) is 0 Å². The van der Waals surface area contributed by atoms with Gasteiger partial charge in [-0.2, -0.15) is 12.8 Å². The van der Waals surface area contributed by atoms with Crippen LogP contribution >= 0.6 is 12.2 Å². The highest BCUT2D eigenvalue weighted by molar-refractivity contribution is 7.80. The zero-order valence-corrected chi connectivity index (χ0v) is 18.3. The van der Waals surface area contributed by atoms with Crippen LogP contribution in [-0.4, -0.2) is 51.1 Å². The lowest BCUT2D eigenvalue weighted by Gasteiger charge is -2.24. The van der Waals surface area contributed by atoms with Gasteiger partial charge in [0, 0.05) is 13.6 Å². The molecule has 0 aliphatic carbocycles. The standard InChI is InChI=1S/C19H29N3O4S2/c1-4-5-6-7-16(21-28(24)25)12-13-22(19(27)20-2)18(23)14-15-8-10-17(26-3)11-9-15/h8-11,16H,4-7,12-14H2,1-3H3,(H,20,27). The van der Waals surface area contributed by atoms with Crippen molar-refractivity contribution in [3.8, 4) is 5.75 Å². The van der Waals surface area contributed by atoms with Gasteiger partial charge in [0.1, 0.15) is 5.75 Å². The summed E-state index contributed by atoms with van der Waals surface area (Å²) in [5.74, 6) is 0.570. The number of hydrogen-bond donors (Lipinski definition) is 1. The molecule has 0 spiro atoms. The largest absolute Gasteiger partial charge is 0.497 e. The van der Waals surface area contributed by atoms with E-state index in [2.05, 4.69) is 16.6 Å². The Bertz CT molecular complexity index is 756. The molecule has 7 nitrogen and oxygen atoms in total. The van der Waals surface area contributed by atoms with Crippen molar-refractivity contribution in [3.05, 3.63) is 29.8 Å². The van der Waals surface area contributed by atoms with Crippen LogP contribution in [0.1, 0.15) is 44.6 Å². The Kier molecular flexibility index (Phi) is 11.4. The Balaban J connectivity index is 2.80. The summed E-state index contributed by atoms with van der Waals surface area (Å²) in [6, 6.07) is 6.92. The van der Waals surface area contributed by atoms with E-state index in [-0.39, 0.29) is 18.4 Å². The fourth-order valence-electron chi connectivity index (χ4n) is 2.77. The second kappa shape index (κ2) is 13.2. The molecule has 1 unspecified atom stereocenters. The normalized spacial score (nSPS) is 11.4. The average molecular weight is 428 g/mol. The minimum absolute atomic E-state index is 0.153. The van der Waals surface area contributed by atoms with Gasteiger partial charge in [-0.1, -0.05) is 38.3 Å². The Morgan fingerprint density at radius 3 is 2.46 bits per heavy atom. The van der Waals surface area contributed by atoms with E-state index in [1.165, 1.54) is 4.90 Å². The van der Waals surface area contributed by atoms with Crippen molar-refractivity contribution in [2.45, 2.75) is 51.5 Å². The van der Waals surface area contributed by atoms with Crippen molar-refractivity contribution in [1.82, 2.24) is 10.2 Å². The summed E-state index contributed by atoms with van der Waals surface area (Å²) in [5, 5.41) is 3.14. The Morgan fingerprint density at radius 2 is 1.93 bits per heavy atom. The second-order valence-corrected chi connectivity index (χ2v) is 7.42. The summed E-state index contributed by atoms with van der Waals surface area (Å²) < 4.78 is 30.9. The Hall–Kier alpha value is -2.00. The molecule has 0 fully saturated rings. The Labute approximate surface area is 174 Å². The number of carbonyl (C=O) groups is 1. The molecule has 0 aliphatic heterocycles. The molecule has 1 N–H and O–H groups in total. The number of nitrogens with one attached hydrogen (secondary N) is 1. The number of thiocarbonyl (C=S) groups is 1. The minimum atomic E-state index is -2.46. The van der Waals surface area contributed by atoms with Gasteiger partial charge in [-0.15, -0.1) is 0 Å². The molecule has 0 saturated heterocycles. The molecule has 1 rings (SSSR count). The number of benzene rings is 1. The summed E-state index contributed by atoms with van der Waals surface area (Å²) >= 11 is 5.28.